The fourth-order valence-electron chi connectivity index (χ4n) is 1.48. The van der Waals surface area contributed by atoms with Gasteiger partial charge in [0, 0.05) is 6.54 Å². The van der Waals surface area contributed by atoms with Crippen LogP contribution < -0.4 is 9.46 Å². The van der Waals surface area contributed by atoms with Crippen molar-refractivity contribution >= 4 is 16.0 Å². The number of nitrogens with one attached hydrogen (secondary N) is 1. The number of hydrogen-bond donors (Lipinski definition) is 4. The molecule has 0 bridgehead atoms. The largest absolute Gasteiger partial charge is 0.493 e. The molecule has 1 rings (SSSR count). The van der Waals surface area contributed by atoms with Gasteiger partial charge in [0.1, 0.15) is 11.3 Å². The molecule has 1 unspecified atom stereocenters. The smallest absolute Gasteiger partial charge is 0.339 e. The van der Waals surface area contributed by atoms with Crippen LogP contribution in [0.2, 0.25) is 0 Å². The summed E-state index contributed by atoms with van der Waals surface area (Å²) < 4.78 is 31.1. The molecule has 0 saturated carbocycles. The molecular formula is C12H17NO7S. The lowest BCUT2D eigenvalue weighted by Gasteiger charge is -2.12. The highest BCUT2D eigenvalue weighted by Gasteiger charge is 2.20. The molecule has 0 aromatic heterocycles. The fraction of sp³-hybridized carbons (Fsp3) is 0.417. The van der Waals surface area contributed by atoms with E-state index in [9.17, 15) is 13.2 Å². The first-order valence-corrected chi connectivity index (χ1v) is 7.58. The minimum Gasteiger partial charge on any atom is -0.493 e. The predicted octanol–water partition coefficient (Wildman–Crippen LogP) is -0.585. The van der Waals surface area contributed by atoms with Crippen molar-refractivity contribution in [3.05, 3.63) is 23.8 Å². The SMILES string of the molecule is CCOc1ccc(S(=O)(=O)NCC(O)CO)cc1C(=O)O. The van der Waals surface area contributed by atoms with Gasteiger partial charge < -0.3 is 20.1 Å². The van der Waals surface area contributed by atoms with E-state index in [2.05, 4.69) is 4.72 Å². The van der Waals surface area contributed by atoms with Crippen molar-refractivity contribution in [2.75, 3.05) is 19.8 Å². The summed E-state index contributed by atoms with van der Waals surface area (Å²) >= 11 is 0. The Bertz CT molecular complexity index is 600. The number of aliphatic hydroxyl groups is 2. The van der Waals surface area contributed by atoms with Crippen LogP contribution in [-0.4, -0.2) is 55.6 Å². The van der Waals surface area contributed by atoms with Crippen molar-refractivity contribution in [2.45, 2.75) is 17.9 Å². The second-order valence-corrected chi connectivity index (χ2v) is 5.85. The molecule has 4 N–H and O–H groups in total. The van der Waals surface area contributed by atoms with Crippen molar-refractivity contribution < 1.29 is 33.3 Å². The van der Waals surface area contributed by atoms with E-state index in [0.717, 1.165) is 6.07 Å². The topological polar surface area (TPSA) is 133 Å². The lowest BCUT2D eigenvalue weighted by Crippen LogP contribution is -2.34. The van der Waals surface area contributed by atoms with Crippen molar-refractivity contribution in [2.24, 2.45) is 0 Å². The predicted molar refractivity (Wildman–Crippen MR) is 72.9 cm³/mol. The van der Waals surface area contributed by atoms with Gasteiger partial charge in [0.25, 0.3) is 0 Å². The maximum absolute atomic E-state index is 12.0. The second kappa shape index (κ2) is 7.36. The normalized spacial score (nSPS) is 12.9. The van der Waals surface area contributed by atoms with E-state index >= 15 is 0 Å². The first kappa shape index (κ1) is 17.4. The zero-order valence-electron chi connectivity index (χ0n) is 11.3. The number of carboxylic acids is 1. The van der Waals surface area contributed by atoms with Gasteiger partial charge in [-0.1, -0.05) is 0 Å². The van der Waals surface area contributed by atoms with Gasteiger partial charge >= 0.3 is 5.97 Å². The number of aromatic carboxylic acids is 1. The number of carbonyl (C=O) groups is 1. The van der Waals surface area contributed by atoms with Crippen LogP contribution >= 0.6 is 0 Å². The van der Waals surface area contributed by atoms with Gasteiger partial charge in [0.05, 0.1) is 24.2 Å². The maximum Gasteiger partial charge on any atom is 0.339 e. The number of ether oxygens (including phenoxy) is 1. The molecular weight excluding hydrogens is 302 g/mol. The molecule has 0 aliphatic rings. The van der Waals surface area contributed by atoms with E-state index in [0.29, 0.717) is 0 Å². The van der Waals surface area contributed by atoms with Crippen LogP contribution in [0.25, 0.3) is 0 Å². The molecule has 1 atom stereocenters. The molecule has 9 heteroatoms. The van der Waals surface area contributed by atoms with Crippen LogP contribution in [0, 0.1) is 0 Å². The summed E-state index contributed by atoms with van der Waals surface area (Å²) in [7, 11) is -3.99. The second-order valence-electron chi connectivity index (χ2n) is 4.08. The Morgan fingerprint density at radius 3 is 2.62 bits per heavy atom. The van der Waals surface area contributed by atoms with E-state index in [-0.39, 0.29) is 29.4 Å². The molecule has 8 nitrogen and oxygen atoms in total. The van der Waals surface area contributed by atoms with Crippen LogP contribution in [0.15, 0.2) is 23.1 Å². The average molecular weight is 319 g/mol. The summed E-state index contributed by atoms with van der Waals surface area (Å²) in [5.74, 6) is -1.25. The highest BCUT2D eigenvalue weighted by atomic mass is 32.2. The van der Waals surface area contributed by atoms with E-state index in [4.69, 9.17) is 20.1 Å². The molecule has 0 amide bonds. The molecule has 0 spiro atoms. The van der Waals surface area contributed by atoms with Gasteiger partial charge in [-0.2, -0.15) is 0 Å². The minimum atomic E-state index is -3.99. The van der Waals surface area contributed by atoms with E-state index in [1.807, 2.05) is 0 Å². The molecule has 1 aromatic carbocycles. The van der Waals surface area contributed by atoms with Crippen molar-refractivity contribution in [3.8, 4) is 5.75 Å². The van der Waals surface area contributed by atoms with Gasteiger partial charge in [-0.25, -0.2) is 17.9 Å². The maximum atomic E-state index is 12.0. The Hall–Kier alpha value is -1.68. The number of aliphatic hydroxyl groups excluding tert-OH is 2. The van der Waals surface area contributed by atoms with Crippen molar-refractivity contribution in [1.29, 1.82) is 0 Å². The Morgan fingerprint density at radius 2 is 2.10 bits per heavy atom. The number of hydrogen-bond acceptors (Lipinski definition) is 6. The quantitative estimate of drug-likeness (QED) is 0.503. The van der Waals surface area contributed by atoms with Crippen molar-refractivity contribution in [1.82, 2.24) is 4.72 Å². The van der Waals surface area contributed by atoms with Crippen LogP contribution in [0.1, 0.15) is 17.3 Å². The van der Waals surface area contributed by atoms with E-state index < -0.39 is 28.7 Å². The summed E-state index contributed by atoms with van der Waals surface area (Å²) in [5.41, 5.74) is -0.276. The summed E-state index contributed by atoms with van der Waals surface area (Å²) in [6.07, 6.45) is -1.23. The Labute approximate surface area is 122 Å². The molecule has 0 heterocycles. The number of sulfonamides is 1. The van der Waals surface area contributed by atoms with Crippen LogP contribution in [-0.2, 0) is 10.0 Å². The molecule has 118 valence electrons. The van der Waals surface area contributed by atoms with E-state index in [1.54, 1.807) is 6.92 Å². The first-order chi connectivity index (χ1) is 9.81. The van der Waals surface area contributed by atoms with Gasteiger partial charge in [-0.05, 0) is 25.1 Å². The Kier molecular flexibility index (Phi) is 6.09. The Morgan fingerprint density at radius 1 is 1.43 bits per heavy atom. The van der Waals surface area contributed by atoms with Crippen LogP contribution in [0.5, 0.6) is 5.75 Å². The van der Waals surface area contributed by atoms with Gasteiger partial charge in [-0.15, -0.1) is 0 Å². The summed E-state index contributed by atoms with van der Waals surface area (Å²) in [6.45, 7) is 0.946. The summed E-state index contributed by atoms with van der Waals surface area (Å²) in [4.78, 5) is 10.8. The third kappa shape index (κ3) is 4.67. The van der Waals surface area contributed by atoms with Gasteiger partial charge in [0.15, 0.2) is 0 Å². The molecule has 0 saturated heterocycles. The molecule has 0 aliphatic heterocycles. The third-order valence-electron chi connectivity index (χ3n) is 2.51. The third-order valence-corrected chi connectivity index (χ3v) is 3.93. The molecule has 21 heavy (non-hydrogen) atoms. The average Bonchev–Trinajstić information content (AvgIpc) is 2.45. The summed E-state index contributed by atoms with van der Waals surface area (Å²) in [5, 5.41) is 26.8. The zero-order valence-corrected chi connectivity index (χ0v) is 12.1. The van der Waals surface area contributed by atoms with Gasteiger partial charge in [0.2, 0.25) is 10.0 Å². The van der Waals surface area contributed by atoms with Crippen LogP contribution in [0.4, 0.5) is 0 Å². The van der Waals surface area contributed by atoms with Crippen LogP contribution in [0.3, 0.4) is 0 Å². The highest BCUT2D eigenvalue weighted by Crippen LogP contribution is 2.22. The summed E-state index contributed by atoms with van der Waals surface area (Å²) in [6, 6.07) is 3.43. The van der Waals surface area contributed by atoms with Gasteiger partial charge in [-0.3, -0.25) is 0 Å². The fourth-order valence-corrected chi connectivity index (χ4v) is 2.58. The number of rotatable bonds is 8. The van der Waals surface area contributed by atoms with E-state index in [1.165, 1.54) is 12.1 Å². The highest BCUT2D eigenvalue weighted by molar-refractivity contribution is 7.89. The lowest BCUT2D eigenvalue weighted by molar-refractivity contribution is 0.0692. The first-order valence-electron chi connectivity index (χ1n) is 6.10. The molecule has 1 aromatic rings. The van der Waals surface area contributed by atoms with Crippen molar-refractivity contribution in [3.63, 3.8) is 0 Å². The Balaban J connectivity index is 3.07. The molecule has 0 aliphatic carbocycles. The lowest BCUT2D eigenvalue weighted by atomic mass is 10.2. The molecule has 0 fully saturated rings. The zero-order chi connectivity index (χ0) is 16.0. The standard InChI is InChI=1S/C12H17NO7S/c1-2-20-11-4-3-9(5-10(11)12(16)17)21(18,19)13-6-8(15)7-14/h3-5,8,13-15H,2,6-7H2,1H3,(H,16,17). The number of carboxylic acid groups (broad SMARTS) is 1. The molecule has 0 radical (unpaired) electrons. The minimum absolute atomic E-state index is 0.0688. The number of benzene rings is 1. The monoisotopic (exact) mass is 319 g/mol.